The predicted octanol–water partition coefficient (Wildman–Crippen LogP) is -0.462. The molecular weight excluding hydrogens is 513 g/mol. The standard InChI is InChI=1S/C5H6N4.Tb.U/c1-9(2)5-7-3-6-4-8-5;;/h1-2H3;;/q-2;;. The second-order valence-electron chi connectivity index (χ2n) is 1.73. The van der Waals surface area contributed by atoms with Gasteiger partial charge >= 0.3 is 0 Å². The number of aromatic nitrogens is 3. The van der Waals surface area contributed by atoms with Gasteiger partial charge in [-0.3, -0.25) is 0 Å². The second-order valence-corrected chi connectivity index (χ2v) is 1.73. The van der Waals surface area contributed by atoms with Gasteiger partial charge in [0.1, 0.15) is 0 Å². The Morgan fingerprint density at radius 3 is 1.91 bits per heavy atom. The van der Waals surface area contributed by atoms with Gasteiger partial charge in [0.2, 0.25) is 0 Å². The number of nitrogens with zero attached hydrogens (tertiary/aromatic N) is 4. The van der Waals surface area contributed by atoms with E-state index in [1.807, 2.05) is 14.1 Å². The van der Waals surface area contributed by atoms with Crippen LogP contribution in [-0.2, 0) is 0 Å². The summed E-state index contributed by atoms with van der Waals surface area (Å²) >= 11 is 0. The maximum atomic E-state index is 3.73. The third-order valence-electron chi connectivity index (χ3n) is 0.800. The van der Waals surface area contributed by atoms with E-state index < -0.39 is 0 Å². The summed E-state index contributed by atoms with van der Waals surface area (Å²) in [5.74, 6) is 0.574. The Bertz CT molecular complexity index is 181. The summed E-state index contributed by atoms with van der Waals surface area (Å²) in [5.41, 5.74) is 0. The first kappa shape index (κ1) is 14.7. The van der Waals surface area contributed by atoms with Gasteiger partial charge in [-0.1, -0.05) is 0 Å². The molecule has 0 bridgehead atoms. The summed E-state index contributed by atoms with van der Waals surface area (Å²) in [6.45, 7) is 0. The zero-order valence-electron chi connectivity index (χ0n) is 6.12. The minimum Gasteiger partial charge on any atom is -0.505 e. The first-order chi connectivity index (χ1) is 4.30. The molecule has 0 spiro atoms. The van der Waals surface area contributed by atoms with E-state index in [1.165, 1.54) is 0 Å². The average molecular weight is 519 g/mol. The first-order valence-corrected chi connectivity index (χ1v) is 2.46. The van der Waals surface area contributed by atoms with Crippen molar-refractivity contribution in [2.75, 3.05) is 19.0 Å². The van der Waals surface area contributed by atoms with Crippen LogP contribution in [0.4, 0.5) is 5.95 Å². The third-order valence-corrected chi connectivity index (χ3v) is 0.800. The molecule has 0 unspecified atom stereocenters. The molecule has 1 heterocycles. The van der Waals surface area contributed by atoms with Crippen LogP contribution in [-0.4, -0.2) is 29.0 Å². The van der Waals surface area contributed by atoms with Crippen LogP contribution >= 0.6 is 0 Å². The van der Waals surface area contributed by atoms with Crippen molar-refractivity contribution >= 4 is 5.95 Å². The quantitative estimate of drug-likeness (QED) is 0.472. The molecular formula is C5H6N4TbU-2. The van der Waals surface area contributed by atoms with Crippen molar-refractivity contribution in [2.45, 2.75) is 0 Å². The molecule has 0 saturated heterocycles. The Hall–Kier alpha value is 1.15. The molecule has 0 saturated carbocycles. The number of hydrogen-bond donors (Lipinski definition) is 0. The third kappa shape index (κ3) is 5.40. The van der Waals surface area contributed by atoms with Crippen molar-refractivity contribution in [3.05, 3.63) is 12.7 Å². The molecule has 61 valence electrons. The van der Waals surface area contributed by atoms with Crippen molar-refractivity contribution in [1.29, 1.82) is 0 Å². The molecule has 0 N–H and O–H groups in total. The molecule has 11 heavy (non-hydrogen) atoms. The van der Waals surface area contributed by atoms with Crippen molar-refractivity contribution in [1.82, 2.24) is 15.0 Å². The van der Waals surface area contributed by atoms with Gasteiger partial charge in [-0.2, -0.15) is 12.7 Å². The molecule has 1 aromatic heterocycles. The van der Waals surface area contributed by atoms with Gasteiger partial charge in [-0.15, -0.1) is 0 Å². The molecule has 4 nitrogen and oxygen atoms in total. The SMILES string of the molecule is CN(C)c1n[c-]n[c-]n1.[Tb].[U]. The maximum absolute atomic E-state index is 3.73. The van der Waals surface area contributed by atoms with Gasteiger partial charge < -0.3 is 19.9 Å². The smallest absolute Gasteiger partial charge is 0 e. The van der Waals surface area contributed by atoms with E-state index >= 15 is 0 Å². The molecule has 6 heteroatoms. The van der Waals surface area contributed by atoms with Crippen molar-refractivity contribution in [3.63, 3.8) is 0 Å². The van der Waals surface area contributed by atoms with Gasteiger partial charge in [0.05, 0.1) is 0 Å². The minimum absolute atomic E-state index is 0. The van der Waals surface area contributed by atoms with Crippen LogP contribution in [0, 0.1) is 82.4 Å². The van der Waals surface area contributed by atoms with Gasteiger partial charge in [-0.25, -0.2) is 0 Å². The zero-order valence-corrected chi connectivity index (χ0v) is 12.4. The minimum atomic E-state index is 0. The van der Waals surface area contributed by atoms with E-state index in [0.717, 1.165) is 0 Å². The zero-order chi connectivity index (χ0) is 6.69. The number of rotatable bonds is 1. The van der Waals surface area contributed by atoms with Crippen LogP contribution in [0.25, 0.3) is 0 Å². The maximum Gasteiger partial charge on any atom is 0 e. The van der Waals surface area contributed by atoms with Gasteiger partial charge in [0.15, 0.2) is 0 Å². The van der Waals surface area contributed by atoms with Gasteiger partial charge in [0, 0.05) is 69.7 Å². The Morgan fingerprint density at radius 2 is 1.64 bits per heavy atom. The number of anilines is 1. The molecule has 0 aromatic carbocycles. The molecule has 0 atom stereocenters. The van der Waals surface area contributed by atoms with E-state index in [4.69, 9.17) is 0 Å². The largest absolute Gasteiger partial charge is 0.505 e. The molecule has 1 rings (SSSR count). The Morgan fingerprint density at radius 1 is 1.18 bits per heavy atom. The average Bonchev–Trinajstić information content (AvgIpc) is 1.90. The van der Waals surface area contributed by atoms with E-state index in [2.05, 4.69) is 27.6 Å². The van der Waals surface area contributed by atoms with Crippen LogP contribution < -0.4 is 4.90 Å². The predicted molar refractivity (Wildman–Crippen MR) is 31.8 cm³/mol. The fourth-order valence-corrected chi connectivity index (χ4v) is 0.387. The van der Waals surface area contributed by atoms with E-state index in [1.54, 1.807) is 4.90 Å². The Balaban J connectivity index is 0. The van der Waals surface area contributed by atoms with Crippen molar-refractivity contribution in [2.24, 2.45) is 0 Å². The monoisotopic (exact) mass is 519 g/mol. The molecule has 0 aliphatic rings. The van der Waals surface area contributed by atoms with Crippen LogP contribution in [0.1, 0.15) is 0 Å². The van der Waals surface area contributed by atoms with Gasteiger partial charge in [-0.05, 0) is 20.0 Å². The van der Waals surface area contributed by atoms with Crippen LogP contribution in [0.15, 0.2) is 0 Å². The molecule has 1 aromatic rings. The molecule has 0 aliphatic heterocycles. The fraction of sp³-hybridized carbons (Fsp3) is 0.400. The van der Waals surface area contributed by atoms with E-state index in [-0.39, 0.29) is 69.7 Å². The van der Waals surface area contributed by atoms with E-state index in [9.17, 15) is 0 Å². The van der Waals surface area contributed by atoms with Gasteiger partial charge in [0.25, 0.3) is 0 Å². The first-order valence-electron chi connectivity index (χ1n) is 2.46. The Kier molecular flexibility index (Phi) is 10.4. The van der Waals surface area contributed by atoms with Crippen LogP contribution in [0.5, 0.6) is 0 Å². The molecule has 0 amide bonds. The second kappa shape index (κ2) is 7.78. The number of hydrogen-bond acceptors (Lipinski definition) is 4. The molecule has 1 radical (unpaired) electrons. The summed E-state index contributed by atoms with van der Waals surface area (Å²) in [6.07, 6.45) is 4.77. The summed E-state index contributed by atoms with van der Waals surface area (Å²) in [4.78, 5) is 12.6. The Labute approximate surface area is 120 Å². The van der Waals surface area contributed by atoms with E-state index in [0.29, 0.717) is 5.95 Å². The normalized spacial score (nSPS) is 7.45. The van der Waals surface area contributed by atoms with Crippen LogP contribution in [0.3, 0.4) is 0 Å². The fourth-order valence-electron chi connectivity index (χ4n) is 0.387. The summed E-state index contributed by atoms with van der Waals surface area (Å²) < 4.78 is 0. The van der Waals surface area contributed by atoms with Crippen LogP contribution in [0.2, 0.25) is 0 Å². The topological polar surface area (TPSA) is 41.9 Å². The molecule has 0 fully saturated rings. The van der Waals surface area contributed by atoms with Crippen molar-refractivity contribution < 1.29 is 69.7 Å². The summed E-state index contributed by atoms with van der Waals surface area (Å²) in [5, 5.41) is 0. The van der Waals surface area contributed by atoms with Crippen molar-refractivity contribution in [3.8, 4) is 0 Å². The summed E-state index contributed by atoms with van der Waals surface area (Å²) in [6, 6.07) is 0. The summed E-state index contributed by atoms with van der Waals surface area (Å²) in [7, 11) is 3.69. The molecule has 0 aliphatic carbocycles.